The van der Waals surface area contributed by atoms with Crippen molar-refractivity contribution < 1.29 is 19.1 Å². The standard InChI is InChI=1S/C21H24ClNO4/c1-21(2,3)27-20(25)23-18(16-10-7-11-17(22)12-16)13-19(24)26-14-15-8-5-4-6-9-15/h4-12,18H,13-14H2,1-3H3,(H,23,25)/t18-/m0/s1. The Labute approximate surface area is 164 Å². The number of carbonyl (C=O) groups is 2. The molecule has 0 aliphatic rings. The predicted molar refractivity (Wildman–Crippen MR) is 104 cm³/mol. The molecule has 0 bridgehead atoms. The van der Waals surface area contributed by atoms with Crippen LogP contribution in [0, 0.1) is 0 Å². The van der Waals surface area contributed by atoms with Gasteiger partial charge in [-0.25, -0.2) is 4.79 Å². The highest BCUT2D eigenvalue weighted by molar-refractivity contribution is 6.30. The van der Waals surface area contributed by atoms with Crippen molar-refractivity contribution in [3.8, 4) is 0 Å². The molecule has 6 heteroatoms. The van der Waals surface area contributed by atoms with Gasteiger partial charge in [0.15, 0.2) is 0 Å². The van der Waals surface area contributed by atoms with Crippen LogP contribution in [0.25, 0.3) is 0 Å². The number of benzene rings is 2. The summed E-state index contributed by atoms with van der Waals surface area (Å²) >= 11 is 6.05. The molecular weight excluding hydrogens is 366 g/mol. The summed E-state index contributed by atoms with van der Waals surface area (Å²) in [6.45, 7) is 5.49. The second kappa shape index (κ2) is 9.42. The lowest BCUT2D eigenvalue weighted by Crippen LogP contribution is -2.36. The summed E-state index contributed by atoms with van der Waals surface area (Å²) < 4.78 is 10.6. The van der Waals surface area contributed by atoms with E-state index < -0.39 is 23.7 Å². The van der Waals surface area contributed by atoms with Gasteiger partial charge < -0.3 is 14.8 Å². The molecule has 0 aromatic heterocycles. The molecule has 0 aliphatic carbocycles. The molecule has 2 rings (SSSR count). The molecule has 1 amide bonds. The molecule has 1 N–H and O–H groups in total. The van der Waals surface area contributed by atoms with E-state index in [9.17, 15) is 9.59 Å². The fraction of sp³-hybridized carbons (Fsp3) is 0.333. The summed E-state index contributed by atoms with van der Waals surface area (Å²) in [7, 11) is 0. The van der Waals surface area contributed by atoms with Gasteiger partial charge in [-0.1, -0.05) is 54.1 Å². The molecule has 0 heterocycles. The summed E-state index contributed by atoms with van der Waals surface area (Å²) in [4.78, 5) is 24.5. The molecule has 0 fully saturated rings. The fourth-order valence-electron chi connectivity index (χ4n) is 2.39. The van der Waals surface area contributed by atoms with Crippen LogP contribution in [0.15, 0.2) is 54.6 Å². The number of halogens is 1. The van der Waals surface area contributed by atoms with Crippen LogP contribution in [-0.4, -0.2) is 17.7 Å². The van der Waals surface area contributed by atoms with Gasteiger partial charge in [-0.15, -0.1) is 0 Å². The molecule has 0 unspecified atom stereocenters. The van der Waals surface area contributed by atoms with Crippen LogP contribution in [0.2, 0.25) is 5.02 Å². The number of amides is 1. The second-order valence-electron chi connectivity index (χ2n) is 7.10. The third kappa shape index (κ3) is 7.71. The molecular formula is C21H24ClNO4. The zero-order chi connectivity index (χ0) is 19.9. The van der Waals surface area contributed by atoms with Gasteiger partial charge in [0.05, 0.1) is 12.5 Å². The van der Waals surface area contributed by atoms with Crippen molar-refractivity contribution in [3.05, 3.63) is 70.7 Å². The van der Waals surface area contributed by atoms with E-state index in [0.717, 1.165) is 5.56 Å². The van der Waals surface area contributed by atoms with Crippen molar-refractivity contribution in [3.63, 3.8) is 0 Å². The normalized spacial score (nSPS) is 12.1. The Balaban J connectivity index is 2.05. The Hall–Kier alpha value is -2.53. The van der Waals surface area contributed by atoms with E-state index in [2.05, 4.69) is 5.32 Å². The van der Waals surface area contributed by atoms with Crippen LogP contribution in [0.5, 0.6) is 0 Å². The zero-order valence-electron chi connectivity index (χ0n) is 15.7. The Morgan fingerprint density at radius 3 is 2.41 bits per heavy atom. The van der Waals surface area contributed by atoms with E-state index in [-0.39, 0.29) is 13.0 Å². The molecule has 0 radical (unpaired) electrons. The number of hydrogen-bond acceptors (Lipinski definition) is 4. The van der Waals surface area contributed by atoms with E-state index in [0.29, 0.717) is 10.6 Å². The predicted octanol–water partition coefficient (Wildman–Crippen LogP) is 5.04. The van der Waals surface area contributed by atoms with Gasteiger partial charge in [-0.05, 0) is 44.0 Å². The fourth-order valence-corrected chi connectivity index (χ4v) is 2.59. The van der Waals surface area contributed by atoms with E-state index >= 15 is 0 Å². The molecule has 144 valence electrons. The third-order valence-electron chi connectivity index (χ3n) is 3.56. The van der Waals surface area contributed by atoms with Crippen molar-refractivity contribution in [2.45, 2.75) is 45.4 Å². The van der Waals surface area contributed by atoms with Gasteiger partial charge in [0.1, 0.15) is 12.2 Å². The average molecular weight is 390 g/mol. The molecule has 5 nitrogen and oxygen atoms in total. The Morgan fingerprint density at radius 1 is 1.07 bits per heavy atom. The second-order valence-corrected chi connectivity index (χ2v) is 7.54. The van der Waals surface area contributed by atoms with E-state index in [1.165, 1.54) is 0 Å². The van der Waals surface area contributed by atoms with Gasteiger partial charge in [-0.3, -0.25) is 4.79 Å². The highest BCUT2D eigenvalue weighted by atomic mass is 35.5. The lowest BCUT2D eigenvalue weighted by molar-refractivity contribution is -0.145. The maximum Gasteiger partial charge on any atom is 0.408 e. The van der Waals surface area contributed by atoms with Gasteiger partial charge >= 0.3 is 12.1 Å². The van der Waals surface area contributed by atoms with Crippen LogP contribution >= 0.6 is 11.6 Å². The minimum absolute atomic E-state index is 0.0353. The molecule has 1 atom stereocenters. The van der Waals surface area contributed by atoms with E-state index in [1.54, 1.807) is 45.0 Å². The first-order valence-corrected chi connectivity index (χ1v) is 9.05. The molecule has 0 spiro atoms. The lowest BCUT2D eigenvalue weighted by Gasteiger charge is -2.23. The maximum atomic E-state index is 12.3. The highest BCUT2D eigenvalue weighted by Crippen LogP contribution is 2.22. The van der Waals surface area contributed by atoms with Crippen molar-refractivity contribution in [2.24, 2.45) is 0 Å². The number of nitrogens with one attached hydrogen (secondary N) is 1. The topological polar surface area (TPSA) is 64.6 Å². The molecule has 2 aromatic rings. The van der Waals surface area contributed by atoms with Crippen LogP contribution in [0.4, 0.5) is 4.79 Å². The van der Waals surface area contributed by atoms with Crippen LogP contribution in [-0.2, 0) is 20.9 Å². The summed E-state index contributed by atoms with van der Waals surface area (Å²) in [6.07, 6.45) is -0.643. The first-order chi connectivity index (χ1) is 12.7. The number of rotatable bonds is 6. The van der Waals surface area contributed by atoms with Crippen molar-refractivity contribution in [1.82, 2.24) is 5.32 Å². The van der Waals surface area contributed by atoms with Crippen molar-refractivity contribution in [1.29, 1.82) is 0 Å². The Kier molecular flexibility index (Phi) is 7.25. The summed E-state index contributed by atoms with van der Waals surface area (Å²) in [5.74, 6) is -0.431. The third-order valence-corrected chi connectivity index (χ3v) is 3.79. The summed E-state index contributed by atoms with van der Waals surface area (Å²) in [6, 6.07) is 15.8. The number of hydrogen-bond donors (Lipinski definition) is 1. The molecule has 0 saturated carbocycles. The number of esters is 1. The highest BCUT2D eigenvalue weighted by Gasteiger charge is 2.23. The minimum Gasteiger partial charge on any atom is -0.461 e. The number of carbonyl (C=O) groups excluding carboxylic acids is 2. The van der Waals surface area contributed by atoms with Crippen molar-refractivity contribution >= 4 is 23.7 Å². The van der Waals surface area contributed by atoms with Gasteiger partial charge in [0.25, 0.3) is 0 Å². The van der Waals surface area contributed by atoms with Gasteiger partial charge in [0.2, 0.25) is 0 Å². The number of ether oxygens (including phenoxy) is 2. The molecule has 0 aliphatic heterocycles. The molecule has 2 aromatic carbocycles. The first kappa shape index (κ1) is 20.8. The molecule has 27 heavy (non-hydrogen) atoms. The summed E-state index contributed by atoms with van der Waals surface area (Å²) in [5, 5.41) is 3.24. The van der Waals surface area contributed by atoms with Crippen LogP contribution < -0.4 is 5.32 Å². The van der Waals surface area contributed by atoms with Crippen LogP contribution in [0.1, 0.15) is 44.4 Å². The first-order valence-electron chi connectivity index (χ1n) is 8.67. The Bertz CT molecular complexity index is 771. The average Bonchev–Trinajstić information content (AvgIpc) is 2.59. The monoisotopic (exact) mass is 389 g/mol. The maximum absolute atomic E-state index is 12.3. The number of alkyl carbamates (subject to hydrolysis) is 1. The van der Waals surface area contributed by atoms with Crippen LogP contribution in [0.3, 0.4) is 0 Å². The largest absolute Gasteiger partial charge is 0.461 e. The van der Waals surface area contributed by atoms with Gasteiger partial charge in [0, 0.05) is 5.02 Å². The minimum atomic E-state index is -0.642. The van der Waals surface area contributed by atoms with Gasteiger partial charge in [-0.2, -0.15) is 0 Å². The van der Waals surface area contributed by atoms with E-state index in [4.69, 9.17) is 21.1 Å². The summed E-state index contributed by atoms with van der Waals surface area (Å²) in [5.41, 5.74) is 0.951. The quantitative estimate of drug-likeness (QED) is 0.703. The SMILES string of the molecule is CC(C)(C)OC(=O)N[C@@H](CC(=O)OCc1ccccc1)c1cccc(Cl)c1. The van der Waals surface area contributed by atoms with Crippen molar-refractivity contribution in [2.75, 3.05) is 0 Å². The molecule has 0 saturated heterocycles. The Morgan fingerprint density at radius 2 is 1.78 bits per heavy atom. The van der Waals surface area contributed by atoms with E-state index in [1.807, 2.05) is 30.3 Å². The lowest BCUT2D eigenvalue weighted by atomic mass is 10.0. The zero-order valence-corrected chi connectivity index (χ0v) is 16.5. The smallest absolute Gasteiger partial charge is 0.408 e.